The molecule has 20 heavy (non-hydrogen) atoms. The van der Waals surface area contributed by atoms with E-state index in [1.54, 1.807) is 6.92 Å². The van der Waals surface area contributed by atoms with Gasteiger partial charge in [-0.25, -0.2) is 17.2 Å². The lowest BCUT2D eigenvalue weighted by Gasteiger charge is -2.21. The summed E-state index contributed by atoms with van der Waals surface area (Å²) in [5.41, 5.74) is -0.449. The number of rotatable bonds is 7. The summed E-state index contributed by atoms with van der Waals surface area (Å²) in [6.07, 6.45) is 0. The molecular formula is C12H16ClF2NO3S. The van der Waals surface area contributed by atoms with Gasteiger partial charge in [0.1, 0.15) is 10.7 Å². The van der Waals surface area contributed by atoms with Crippen LogP contribution in [0.15, 0.2) is 17.0 Å². The monoisotopic (exact) mass is 327 g/mol. The summed E-state index contributed by atoms with van der Waals surface area (Å²) >= 11 is 5.45. The Bertz CT molecular complexity index is 566. The van der Waals surface area contributed by atoms with Gasteiger partial charge in [-0.2, -0.15) is 4.31 Å². The molecule has 1 rings (SSSR count). The number of hydrogen-bond donors (Lipinski definition) is 0. The minimum atomic E-state index is -4.05. The maximum Gasteiger partial charge on any atom is 0.246 e. The zero-order valence-corrected chi connectivity index (χ0v) is 12.8. The Kier molecular flexibility index (Phi) is 6.32. The third-order valence-electron chi connectivity index (χ3n) is 2.80. The minimum absolute atomic E-state index is 0.0857. The van der Waals surface area contributed by atoms with Gasteiger partial charge in [0.05, 0.1) is 12.5 Å². The Hall–Kier alpha value is -0.760. The van der Waals surface area contributed by atoms with Gasteiger partial charge in [-0.3, -0.25) is 0 Å². The molecule has 0 N–H and O–H groups in total. The Labute approximate surface area is 122 Å². The molecule has 0 aliphatic rings. The number of likely N-dealkylation sites (N-methyl/N-ethyl adjacent to an activating group) is 1. The highest BCUT2D eigenvalue weighted by molar-refractivity contribution is 7.89. The number of nitrogens with zero attached hydrogens (tertiary/aromatic N) is 1. The van der Waals surface area contributed by atoms with Crippen LogP contribution >= 0.6 is 11.6 Å². The lowest BCUT2D eigenvalue weighted by atomic mass is 10.2. The fourth-order valence-electron chi connectivity index (χ4n) is 1.68. The van der Waals surface area contributed by atoms with Crippen molar-refractivity contribution >= 4 is 21.6 Å². The van der Waals surface area contributed by atoms with E-state index in [0.29, 0.717) is 0 Å². The number of sulfonamides is 1. The summed E-state index contributed by atoms with van der Waals surface area (Å²) in [5, 5.41) is 0. The van der Waals surface area contributed by atoms with Crippen molar-refractivity contribution in [2.45, 2.75) is 17.7 Å². The first-order valence-electron chi connectivity index (χ1n) is 5.92. The molecule has 0 amide bonds. The van der Waals surface area contributed by atoms with Crippen LogP contribution in [0.5, 0.6) is 0 Å². The molecule has 0 atom stereocenters. The lowest BCUT2D eigenvalue weighted by molar-refractivity contribution is 0.180. The van der Waals surface area contributed by atoms with Gasteiger partial charge in [-0.15, -0.1) is 11.6 Å². The molecule has 0 saturated heterocycles. The number of alkyl halides is 1. The lowest BCUT2D eigenvalue weighted by Crippen LogP contribution is -2.34. The smallest absolute Gasteiger partial charge is 0.246 e. The van der Waals surface area contributed by atoms with E-state index in [4.69, 9.17) is 16.3 Å². The van der Waals surface area contributed by atoms with E-state index in [-0.39, 0.29) is 19.7 Å². The Morgan fingerprint density at radius 1 is 1.35 bits per heavy atom. The summed E-state index contributed by atoms with van der Waals surface area (Å²) in [6.45, 7) is 2.04. The van der Waals surface area contributed by atoms with Crippen LogP contribution in [0.1, 0.15) is 12.5 Å². The van der Waals surface area contributed by atoms with Crippen molar-refractivity contribution in [3.63, 3.8) is 0 Å². The summed E-state index contributed by atoms with van der Waals surface area (Å²) in [7, 11) is -2.62. The SMILES string of the molecule is CCN(CCOC)S(=O)(=O)c1ccc(F)c(CCl)c1F. The van der Waals surface area contributed by atoms with Gasteiger partial charge in [-0.1, -0.05) is 6.92 Å². The number of benzene rings is 1. The molecule has 1 aromatic rings. The van der Waals surface area contributed by atoms with Gasteiger partial charge in [-0.05, 0) is 12.1 Å². The average Bonchev–Trinajstić information content (AvgIpc) is 2.39. The van der Waals surface area contributed by atoms with Gasteiger partial charge in [0, 0.05) is 25.8 Å². The fourth-order valence-corrected chi connectivity index (χ4v) is 3.45. The normalized spacial score (nSPS) is 12.1. The van der Waals surface area contributed by atoms with E-state index in [9.17, 15) is 17.2 Å². The van der Waals surface area contributed by atoms with Gasteiger partial charge in [0.2, 0.25) is 10.0 Å². The van der Waals surface area contributed by atoms with Crippen molar-refractivity contribution in [3.8, 4) is 0 Å². The molecule has 0 saturated carbocycles. The molecular weight excluding hydrogens is 312 g/mol. The highest BCUT2D eigenvalue weighted by Gasteiger charge is 2.28. The zero-order chi connectivity index (χ0) is 15.3. The topological polar surface area (TPSA) is 46.6 Å². The summed E-state index contributed by atoms with van der Waals surface area (Å²) < 4.78 is 58.0. The maximum absolute atomic E-state index is 14.1. The Morgan fingerprint density at radius 2 is 2.00 bits per heavy atom. The van der Waals surface area contributed by atoms with Gasteiger partial charge >= 0.3 is 0 Å². The summed E-state index contributed by atoms with van der Waals surface area (Å²) in [6, 6.07) is 1.81. The van der Waals surface area contributed by atoms with Crippen LogP contribution < -0.4 is 0 Å². The van der Waals surface area contributed by atoms with Crippen molar-refractivity contribution in [1.29, 1.82) is 0 Å². The van der Waals surface area contributed by atoms with Crippen LogP contribution in [0, 0.1) is 11.6 Å². The fraction of sp³-hybridized carbons (Fsp3) is 0.500. The predicted octanol–water partition coefficient (Wildman–Crippen LogP) is 2.36. The van der Waals surface area contributed by atoms with E-state index >= 15 is 0 Å². The van der Waals surface area contributed by atoms with Gasteiger partial charge in [0.25, 0.3) is 0 Å². The second-order valence-corrected chi connectivity index (χ2v) is 6.13. The molecule has 0 aromatic heterocycles. The molecule has 114 valence electrons. The first-order valence-corrected chi connectivity index (χ1v) is 7.89. The van der Waals surface area contributed by atoms with E-state index in [0.717, 1.165) is 16.4 Å². The van der Waals surface area contributed by atoms with Gasteiger partial charge < -0.3 is 4.74 Å². The molecule has 0 spiro atoms. The van der Waals surface area contributed by atoms with Crippen LogP contribution in [0.4, 0.5) is 8.78 Å². The van der Waals surface area contributed by atoms with Crippen molar-refractivity contribution in [3.05, 3.63) is 29.3 Å². The number of halogens is 3. The first-order chi connectivity index (χ1) is 9.39. The third kappa shape index (κ3) is 3.46. The molecule has 0 unspecified atom stereocenters. The highest BCUT2D eigenvalue weighted by Crippen LogP contribution is 2.25. The molecule has 4 nitrogen and oxygen atoms in total. The first kappa shape index (κ1) is 17.3. The molecule has 0 bridgehead atoms. The average molecular weight is 328 g/mol. The van der Waals surface area contributed by atoms with E-state index < -0.39 is 38.0 Å². The second kappa shape index (κ2) is 7.31. The van der Waals surface area contributed by atoms with Crippen molar-refractivity contribution in [1.82, 2.24) is 4.31 Å². The number of ether oxygens (including phenoxy) is 1. The highest BCUT2D eigenvalue weighted by atomic mass is 35.5. The molecule has 8 heteroatoms. The molecule has 0 aliphatic carbocycles. The largest absolute Gasteiger partial charge is 0.383 e. The van der Waals surface area contributed by atoms with Crippen LogP contribution in [0.25, 0.3) is 0 Å². The van der Waals surface area contributed by atoms with Crippen molar-refractivity contribution < 1.29 is 21.9 Å². The molecule has 0 heterocycles. The second-order valence-electron chi connectivity index (χ2n) is 3.96. The summed E-state index contributed by atoms with van der Waals surface area (Å²) in [4.78, 5) is -0.576. The molecule has 1 aromatic carbocycles. The number of hydrogen-bond acceptors (Lipinski definition) is 3. The quantitative estimate of drug-likeness (QED) is 0.722. The standard InChI is InChI=1S/C12H16ClF2NO3S/c1-3-16(6-7-19-2)20(17,18)11-5-4-10(14)9(8-13)12(11)15/h4-5H,3,6-8H2,1-2H3. The van der Waals surface area contributed by atoms with E-state index in [1.165, 1.54) is 7.11 Å². The predicted molar refractivity (Wildman–Crippen MR) is 72.2 cm³/mol. The van der Waals surface area contributed by atoms with Crippen molar-refractivity contribution in [2.24, 2.45) is 0 Å². The van der Waals surface area contributed by atoms with Crippen LogP contribution in [-0.4, -0.2) is 39.5 Å². The van der Waals surface area contributed by atoms with Crippen LogP contribution in [0.2, 0.25) is 0 Å². The van der Waals surface area contributed by atoms with Gasteiger partial charge in [0.15, 0.2) is 5.82 Å². The van der Waals surface area contributed by atoms with E-state index in [1.807, 2.05) is 0 Å². The summed E-state index contributed by atoms with van der Waals surface area (Å²) in [5.74, 6) is -2.45. The zero-order valence-electron chi connectivity index (χ0n) is 11.2. The van der Waals surface area contributed by atoms with Crippen LogP contribution in [-0.2, 0) is 20.6 Å². The molecule has 0 fully saturated rings. The Morgan fingerprint density at radius 3 is 2.50 bits per heavy atom. The Balaban J connectivity index is 3.27. The van der Waals surface area contributed by atoms with Crippen molar-refractivity contribution in [2.75, 3.05) is 26.8 Å². The third-order valence-corrected chi connectivity index (χ3v) is 5.06. The maximum atomic E-state index is 14.1. The molecule has 0 radical (unpaired) electrons. The van der Waals surface area contributed by atoms with Crippen LogP contribution in [0.3, 0.4) is 0 Å². The number of methoxy groups -OCH3 is 1. The molecule has 0 aliphatic heterocycles. The minimum Gasteiger partial charge on any atom is -0.383 e. The van der Waals surface area contributed by atoms with E-state index in [2.05, 4.69) is 0 Å².